The molecule has 0 radical (unpaired) electrons. The second kappa shape index (κ2) is 4.83. The molecule has 0 bridgehead atoms. The van der Waals surface area contributed by atoms with E-state index in [0.29, 0.717) is 0 Å². The fourth-order valence-corrected chi connectivity index (χ4v) is 6.95. The van der Waals surface area contributed by atoms with Gasteiger partial charge in [-0.2, -0.15) is 0 Å². The molecule has 14 heteroatoms. The maximum Gasteiger partial charge on any atom is 0.327 e. The van der Waals surface area contributed by atoms with Crippen molar-refractivity contribution in [2.75, 3.05) is 40.3 Å². The van der Waals surface area contributed by atoms with Gasteiger partial charge < -0.3 is 9.47 Å². The maximum absolute atomic E-state index is 13.6. The molecule has 7 heterocycles. The Kier molecular flexibility index (Phi) is 2.80. The van der Waals surface area contributed by atoms with E-state index in [1.807, 2.05) is 27.7 Å². The summed E-state index contributed by atoms with van der Waals surface area (Å²) in [5, 5.41) is 0. The number of amides is 8. The molecule has 7 aliphatic heterocycles. The van der Waals surface area contributed by atoms with Crippen LogP contribution in [0.1, 0.15) is 27.7 Å². The van der Waals surface area contributed by atoms with Gasteiger partial charge in [-0.05, 0) is 27.7 Å². The summed E-state index contributed by atoms with van der Waals surface area (Å²) in [5.41, 5.74) is -4.27. The van der Waals surface area contributed by atoms with Crippen molar-refractivity contribution in [1.82, 2.24) is 39.2 Å². The third kappa shape index (κ3) is 1.38. The second-order valence-electron chi connectivity index (χ2n) is 9.85. The van der Waals surface area contributed by atoms with Gasteiger partial charge in [0.25, 0.3) is 0 Å². The van der Waals surface area contributed by atoms with Gasteiger partial charge in [-0.25, -0.2) is 19.2 Å². The molecule has 0 N–H and O–H groups in total. The number of urea groups is 4. The minimum absolute atomic E-state index is 0.0400. The topological polar surface area (TPSA) is 113 Å². The summed E-state index contributed by atoms with van der Waals surface area (Å²) < 4.78 is 11.1. The molecule has 0 aromatic rings. The van der Waals surface area contributed by atoms with Crippen molar-refractivity contribution >= 4 is 24.1 Å². The van der Waals surface area contributed by atoms with Crippen molar-refractivity contribution < 1.29 is 28.7 Å². The van der Waals surface area contributed by atoms with Crippen LogP contribution in [-0.2, 0) is 9.47 Å². The maximum atomic E-state index is 13.6. The van der Waals surface area contributed by atoms with E-state index in [-0.39, 0.29) is 64.4 Å². The standard InChI is InChI=1S/C18H24N8O6/c1-15-17(3)23-7-31-8-24(17)12(28)20(15)6-22-14(30)26-10-32-9-25-13(29)21(5-19(15)11(23)27)16(22,2)18(25,26)4/h5-10H2,1-4H3. The van der Waals surface area contributed by atoms with E-state index < -0.39 is 22.7 Å². The molecule has 0 aromatic carbocycles. The van der Waals surface area contributed by atoms with Gasteiger partial charge in [0.05, 0.1) is 0 Å². The molecule has 32 heavy (non-hydrogen) atoms. The van der Waals surface area contributed by atoms with Crippen LogP contribution in [0.25, 0.3) is 0 Å². The van der Waals surface area contributed by atoms with E-state index in [1.165, 1.54) is 19.6 Å². The number of nitrogens with zero attached hydrogens (tertiary/aromatic N) is 8. The number of rotatable bonds is 0. The van der Waals surface area contributed by atoms with Crippen LogP contribution in [0.2, 0.25) is 0 Å². The molecule has 8 amide bonds. The van der Waals surface area contributed by atoms with E-state index in [4.69, 9.17) is 9.47 Å². The minimum Gasteiger partial charge on any atom is -0.340 e. The predicted octanol–water partition coefficient (Wildman–Crippen LogP) is -0.379. The van der Waals surface area contributed by atoms with Gasteiger partial charge in [-0.1, -0.05) is 0 Å². The molecule has 0 aromatic heterocycles. The minimum atomic E-state index is -1.12. The van der Waals surface area contributed by atoms with Gasteiger partial charge in [-0.3, -0.25) is 39.2 Å². The van der Waals surface area contributed by atoms with Crippen molar-refractivity contribution in [3.05, 3.63) is 0 Å². The molecular weight excluding hydrogens is 424 g/mol. The van der Waals surface area contributed by atoms with Gasteiger partial charge in [0.2, 0.25) is 0 Å². The number of ether oxygens (including phenoxy) is 2. The Morgan fingerprint density at radius 2 is 0.688 bits per heavy atom. The van der Waals surface area contributed by atoms with Crippen LogP contribution in [0.4, 0.5) is 19.2 Å². The molecular formula is C18H24N8O6. The van der Waals surface area contributed by atoms with Crippen LogP contribution < -0.4 is 0 Å². The molecule has 172 valence electrons. The van der Waals surface area contributed by atoms with Crippen LogP contribution in [0.5, 0.6) is 0 Å². The number of carbonyl (C=O) groups is 4. The zero-order valence-electron chi connectivity index (χ0n) is 18.3. The highest BCUT2D eigenvalue weighted by Gasteiger charge is 2.81. The average molecular weight is 448 g/mol. The number of carbonyl (C=O) groups excluding carboxylic acids is 4. The second-order valence-corrected chi connectivity index (χ2v) is 9.85. The lowest BCUT2D eigenvalue weighted by Crippen LogP contribution is -2.73. The lowest BCUT2D eigenvalue weighted by atomic mass is 9.93. The SMILES string of the molecule is CC12N3COCN1C(=O)N1CN4C(=O)N5COCN6C(=O)N(CN(C3=O)C12C)C4(C)C65C. The Hall–Kier alpha value is -3.00. The average Bonchev–Trinajstić information content (AvgIpc) is 3.18. The predicted molar refractivity (Wildman–Crippen MR) is 101 cm³/mol. The zero-order chi connectivity index (χ0) is 22.6. The summed E-state index contributed by atoms with van der Waals surface area (Å²) in [6, 6.07) is -1.30. The van der Waals surface area contributed by atoms with Crippen molar-refractivity contribution in [3.8, 4) is 0 Å². The van der Waals surface area contributed by atoms with Crippen molar-refractivity contribution in [2.24, 2.45) is 0 Å². The number of hydrogen-bond acceptors (Lipinski definition) is 6. The Bertz CT molecular complexity index is 893. The fraction of sp³-hybridized carbons (Fsp3) is 0.778. The van der Waals surface area contributed by atoms with E-state index in [0.717, 1.165) is 0 Å². The summed E-state index contributed by atoms with van der Waals surface area (Å²) in [6.45, 7) is 7.31. The van der Waals surface area contributed by atoms with Gasteiger partial charge in [0, 0.05) is 0 Å². The normalized spacial score (nSPS) is 44.1. The molecule has 0 atom stereocenters. The van der Waals surface area contributed by atoms with E-state index in [9.17, 15) is 19.2 Å². The van der Waals surface area contributed by atoms with Crippen LogP contribution in [0.15, 0.2) is 0 Å². The Balaban J connectivity index is 1.47. The Labute approximate surface area is 183 Å². The lowest BCUT2D eigenvalue weighted by Gasteiger charge is -2.53. The molecule has 0 unspecified atom stereocenters. The van der Waals surface area contributed by atoms with Crippen molar-refractivity contribution in [2.45, 2.75) is 50.3 Å². The molecule has 7 rings (SSSR count). The molecule has 14 nitrogen and oxygen atoms in total. The summed E-state index contributed by atoms with van der Waals surface area (Å²) in [7, 11) is 0. The number of hydrogen-bond donors (Lipinski definition) is 0. The first-order valence-corrected chi connectivity index (χ1v) is 10.6. The molecule has 7 fully saturated rings. The summed E-state index contributed by atoms with van der Waals surface area (Å²) in [5.74, 6) is 0. The highest BCUT2D eigenvalue weighted by molar-refractivity contribution is 5.92. The van der Waals surface area contributed by atoms with Crippen molar-refractivity contribution in [3.63, 3.8) is 0 Å². The van der Waals surface area contributed by atoms with E-state index in [2.05, 4.69) is 0 Å². The van der Waals surface area contributed by atoms with Crippen LogP contribution >= 0.6 is 0 Å². The van der Waals surface area contributed by atoms with Crippen LogP contribution in [-0.4, -0.2) is 126 Å². The first-order chi connectivity index (χ1) is 15.1. The third-order valence-electron chi connectivity index (χ3n) is 9.29. The Morgan fingerprint density at radius 1 is 0.469 bits per heavy atom. The van der Waals surface area contributed by atoms with Crippen LogP contribution in [0.3, 0.4) is 0 Å². The van der Waals surface area contributed by atoms with Gasteiger partial charge in [0.1, 0.15) is 40.3 Å². The zero-order valence-corrected chi connectivity index (χ0v) is 18.3. The van der Waals surface area contributed by atoms with Gasteiger partial charge >= 0.3 is 24.1 Å². The molecule has 0 aliphatic carbocycles. The highest BCUT2D eigenvalue weighted by Crippen LogP contribution is 2.58. The smallest absolute Gasteiger partial charge is 0.327 e. The first-order valence-electron chi connectivity index (χ1n) is 10.6. The molecule has 0 saturated carbocycles. The monoisotopic (exact) mass is 448 g/mol. The third-order valence-corrected chi connectivity index (χ3v) is 9.29. The summed E-state index contributed by atoms with van der Waals surface area (Å²) in [6.07, 6.45) is 0. The van der Waals surface area contributed by atoms with Crippen LogP contribution in [0, 0.1) is 0 Å². The highest BCUT2D eigenvalue weighted by atomic mass is 16.5. The lowest BCUT2D eigenvalue weighted by molar-refractivity contribution is -0.177. The summed E-state index contributed by atoms with van der Waals surface area (Å²) in [4.78, 5) is 66.8. The van der Waals surface area contributed by atoms with Crippen molar-refractivity contribution in [1.29, 1.82) is 0 Å². The Morgan fingerprint density at radius 3 is 0.938 bits per heavy atom. The van der Waals surface area contributed by atoms with Gasteiger partial charge in [0.15, 0.2) is 22.7 Å². The largest absolute Gasteiger partial charge is 0.340 e. The van der Waals surface area contributed by atoms with E-state index >= 15 is 0 Å². The van der Waals surface area contributed by atoms with Gasteiger partial charge in [-0.15, -0.1) is 0 Å². The molecule has 7 saturated heterocycles. The molecule has 7 aliphatic rings. The molecule has 0 spiro atoms. The summed E-state index contributed by atoms with van der Waals surface area (Å²) >= 11 is 0. The van der Waals surface area contributed by atoms with E-state index in [1.54, 1.807) is 19.6 Å². The fourth-order valence-electron chi connectivity index (χ4n) is 6.95. The first kappa shape index (κ1) is 18.6. The quantitative estimate of drug-likeness (QED) is 0.499.